The fourth-order valence-electron chi connectivity index (χ4n) is 2.58. The highest BCUT2D eigenvalue weighted by Gasteiger charge is 2.15. The van der Waals surface area contributed by atoms with Crippen molar-refractivity contribution in [1.82, 2.24) is 5.32 Å². The fourth-order valence-corrected chi connectivity index (χ4v) is 3.06. The van der Waals surface area contributed by atoms with Gasteiger partial charge in [-0.3, -0.25) is 10.1 Å². The number of halogens is 1. The molecule has 1 aliphatic rings. The predicted octanol–water partition coefficient (Wildman–Crippen LogP) is 3.47. The Hall–Kier alpha value is -1.14. The molecular weight excluding hydrogens is 322 g/mol. The summed E-state index contributed by atoms with van der Waals surface area (Å²) in [5.41, 5.74) is 1.76. The van der Waals surface area contributed by atoms with E-state index in [9.17, 15) is 10.1 Å². The van der Waals surface area contributed by atoms with Gasteiger partial charge in [0.25, 0.3) is 5.69 Å². The lowest BCUT2D eigenvalue weighted by molar-refractivity contribution is -0.385. The van der Waals surface area contributed by atoms with Crippen LogP contribution in [0.4, 0.5) is 11.4 Å². The van der Waals surface area contributed by atoms with Crippen LogP contribution in [0.1, 0.15) is 24.8 Å². The molecule has 0 spiro atoms. The molecule has 1 aromatic carbocycles. The molecule has 1 fully saturated rings. The number of piperidine rings is 1. The Morgan fingerprint density at radius 2 is 2.35 bits per heavy atom. The zero-order valence-corrected chi connectivity index (χ0v) is 13.2. The summed E-state index contributed by atoms with van der Waals surface area (Å²) in [4.78, 5) is 10.5. The van der Waals surface area contributed by atoms with E-state index in [1.807, 2.05) is 6.07 Å². The minimum absolute atomic E-state index is 0.152. The Balaban J connectivity index is 1.92. The summed E-state index contributed by atoms with van der Waals surface area (Å²) in [5.74, 6) is 0.731. The number of nitro groups is 1. The van der Waals surface area contributed by atoms with Gasteiger partial charge in [0.2, 0.25) is 0 Å². The number of aryl methyl sites for hydroxylation is 1. The first-order valence-electron chi connectivity index (χ1n) is 6.97. The van der Waals surface area contributed by atoms with Crippen LogP contribution in [0.15, 0.2) is 16.6 Å². The summed E-state index contributed by atoms with van der Waals surface area (Å²) in [6, 6.07) is 3.40. The van der Waals surface area contributed by atoms with Crippen LogP contribution in [0.5, 0.6) is 0 Å². The first-order chi connectivity index (χ1) is 9.58. The molecule has 1 heterocycles. The molecule has 20 heavy (non-hydrogen) atoms. The first-order valence-corrected chi connectivity index (χ1v) is 7.76. The summed E-state index contributed by atoms with van der Waals surface area (Å²) < 4.78 is 0.747. The van der Waals surface area contributed by atoms with Crippen molar-refractivity contribution in [2.24, 2.45) is 5.92 Å². The third-order valence-electron chi connectivity index (χ3n) is 3.75. The van der Waals surface area contributed by atoms with Crippen LogP contribution in [0, 0.1) is 23.0 Å². The molecule has 1 aliphatic heterocycles. The minimum atomic E-state index is -0.350. The molecule has 5 nitrogen and oxygen atoms in total. The standard InChI is InChI=1S/C14H20BrN3O2/c1-10-7-13(12(15)8-14(10)18(19)20)17-6-4-11-3-2-5-16-9-11/h7-8,11,16-17H,2-6,9H2,1H3. The van der Waals surface area contributed by atoms with Crippen molar-refractivity contribution in [3.05, 3.63) is 32.3 Å². The molecule has 0 radical (unpaired) electrons. The number of nitro benzene ring substituents is 1. The Bertz CT molecular complexity index is 488. The van der Waals surface area contributed by atoms with Gasteiger partial charge in [-0.2, -0.15) is 0 Å². The molecule has 0 bridgehead atoms. The van der Waals surface area contributed by atoms with Gasteiger partial charge < -0.3 is 10.6 Å². The second kappa shape index (κ2) is 7.04. The highest BCUT2D eigenvalue weighted by Crippen LogP contribution is 2.30. The monoisotopic (exact) mass is 341 g/mol. The molecule has 1 aromatic rings. The number of nitrogens with one attached hydrogen (secondary N) is 2. The number of hydrogen-bond acceptors (Lipinski definition) is 4. The Morgan fingerprint density at radius 1 is 1.55 bits per heavy atom. The average Bonchev–Trinajstić information content (AvgIpc) is 2.43. The molecule has 1 unspecified atom stereocenters. The van der Waals surface area contributed by atoms with E-state index in [1.165, 1.54) is 12.8 Å². The number of rotatable bonds is 5. The van der Waals surface area contributed by atoms with Crippen molar-refractivity contribution < 1.29 is 4.92 Å². The van der Waals surface area contributed by atoms with Crippen molar-refractivity contribution in [1.29, 1.82) is 0 Å². The zero-order valence-electron chi connectivity index (χ0n) is 11.6. The van der Waals surface area contributed by atoms with Gasteiger partial charge in [0.05, 0.1) is 4.92 Å². The van der Waals surface area contributed by atoms with Crippen LogP contribution in [-0.2, 0) is 0 Å². The van der Waals surface area contributed by atoms with Gasteiger partial charge in [0.1, 0.15) is 0 Å². The molecule has 2 rings (SSSR count). The molecule has 1 saturated heterocycles. The van der Waals surface area contributed by atoms with Crippen LogP contribution in [0.25, 0.3) is 0 Å². The van der Waals surface area contributed by atoms with Crippen LogP contribution in [-0.4, -0.2) is 24.6 Å². The van der Waals surface area contributed by atoms with Gasteiger partial charge in [-0.1, -0.05) is 0 Å². The number of nitrogens with zero attached hydrogens (tertiary/aromatic N) is 1. The molecule has 110 valence electrons. The van der Waals surface area contributed by atoms with E-state index in [4.69, 9.17) is 0 Å². The zero-order chi connectivity index (χ0) is 14.5. The topological polar surface area (TPSA) is 67.2 Å². The lowest BCUT2D eigenvalue weighted by atomic mass is 9.96. The van der Waals surface area contributed by atoms with Gasteiger partial charge >= 0.3 is 0 Å². The largest absolute Gasteiger partial charge is 0.384 e. The quantitative estimate of drug-likeness (QED) is 0.635. The van der Waals surface area contributed by atoms with E-state index < -0.39 is 0 Å². The van der Waals surface area contributed by atoms with Crippen molar-refractivity contribution in [2.45, 2.75) is 26.2 Å². The Kier molecular flexibility index (Phi) is 5.37. The van der Waals surface area contributed by atoms with Crippen molar-refractivity contribution in [2.75, 3.05) is 25.0 Å². The molecular formula is C14H20BrN3O2. The third kappa shape index (κ3) is 3.93. The van der Waals surface area contributed by atoms with Crippen LogP contribution in [0.3, 0.4) is 0 Å². The van der Waals surface area contributed by atoms with Crippen LogP contribution >= 0.6 is 15.9 Å². The second-order valence-electron chi connectivity index (χ2n) is 5.30. The van der Waals surface area contributed by atoms with Crippen molar-refractivity contribution in [3.8, 4) is 0 Å². The van der Waals surface area contributed by atoms with E-state index in [2.05, 4.69) is 26.6 Å². The summed E-state index contributed by atoms with van der Waals surface area (Å²) in [6.07, 6.45) is 3.66. The van der Waals surface area contributed by atoms with Crippen molar-refractivity contribution >= 4 is 27.3 Å². The lowest BCUT2D eigenvalue weighted by Crippen LogP contribution is -2.30. The summed E-state index contributed by atoms with van der Waals surface area (Å²) in [5, 5.41) is 17.6. The summed E-state index contributed by atoms with van der Waals surface area (Å²) in [6.45, 7) is 4.89. The highest BCUT2D eigenvalue weighted by molar-refractivity contribution is 9.10. The van der Waals surface area contributed by atoms with Crippen LogP contribution in [0.2, 0.25) is 0 Å². The third-order valence-corrected chi connectivity index (χ3v) is 4.41. The lowest BCUT2D eigenvalue weighted by Gasteiger charge is -2.23. The SMILES string of the molecule is Cc1cc(NCCC2CCCNC2)c(Br)cc1[N+](=O)[O-]. The number of benzene rings is 1. The first kappa shape index (κ1) is 15.3. The van der Waals surface area contributed by atoms with Crippen molar-refractivity contribution in [3.63, 3.8) is 0 Å². The Morgan fingerprint density at radius 3 is 3.00 bits per heavy atom. The molecule has 0 aromatic heterocycles. The van der Waals surface area contributed by atoms with Gasteiger partial charge in [0, 0.05) is 28.3 Å². The summed E-state index contributed by atoms with van der Waals surface area (Å²) >= 11 is 3.40. The van der Waals surface area contributed by atoms with Gasteiger partial charge in [-0.15, -0.1) is 0 Å². The fraction of sp³-hybridized carbons (Fsp3) is 0.571. The maximum atomic E-state index is 10.9. The smallest absolute Gasteiger partial charge is 0.273 e. The molecule has 1 atom stereocenters. The second-order valence-corrected chi connectivity index (χ2v) is 6.16. The van der Waals surface area contributed by atoms with E-state index in [0.717, 1.165) is 42.1 Å². The molecule has 0 saturated carbocycles. The maximum absolute atomic E-state index is 10.9. The average molecular weight is 342 g/mol. The molecule has 0 amide bonds. The van der Waals surface area contributed by atoms with Crippen LogP contribution < -0.4 is 10.6 Å². The molecule has 6 heteroatoms. The van der Waals surface area contributed by atoms with E-state index in [-0.39, 0.29) is 10.6 Å². The van der Waals surface area contributed by atoms with E-state index in [1.54, 1.807) is 13.0 Å². The van der Waals surface area contributed by atoms with Gasteiger partial charge in [-0.05, 0) is 67.2 Å². The number of anilines is 1. The maximum Gasteiger partial charge on any atom is 0.273 e. The number of hydrogen-bond donors (Lipinski definition) is 2. The van der Waals surface area contributed by atoms with E-state index >= 15 is 0 Å². The van der Waals surface area contributed by atoms with Gasteiger partial charge in [0.15, 0.2) is 0 Å². The highest BCUT2D eigenvalue weighted by atomic mass is 79.9. The molecule has 0 aliphatic carbocycles. The van der Waals surface area contributed by atoms with Gasteiger partial charge in [-0.25, -0.2) is 0 Å². The summed E-state index contributed by atoms with van der Waals surface area (Å²) in [7, 11) is 0. The molecule has 2 N–H and O–H groups in total. The van der Waals surface area contributed by atoms with E-state index in [0.29, 0.717) is 5.56 Å². The Labute approximate surface area is 127 Å². The normalized spacial score (nSPS) is 18.8. The predicted molar refractivity (Wildman–Crippen MR) is 84.2 cm³/mol. The minimum Gasteiger partial charge on any atom is -0.384 e.